The van der Waals surface area contributed by atoms with Crippen LogP contribution in [0.3, 0.4) is 0 Å². The van der Waals surface area contributed by atoms with E-state index in [9.17, 15) is 9.90 Å². The van der Waals surface area contributed by atoms with Crippen molar-refractivity contribution in [3.05, 3.63) is 28.3 Å². The normalized spacial score (nSPS) is 15.7. The molecule has 4 heteroatoms. The van der Waals surface area contributed by atoms with Gasteiger partial charge in [0.25, 0.3) is 0 Å². The first-order chi connectivity index (χ1) is 8.56. The first kappa shape index (κ1) is 13.4. The SMILES string of the molecule is CCC(CC)C(O)c1cc2c(cc1Cl)NC(=O)C2. The molecule has 3 nitrogen and oxygen atoms in total. The molecule has 0 bridgehead atoms. The first-order valence-electron chi connectivity index (χ1n) is 6.37. The highest BCUT2D eigenvalue weighted by atomic mass is 35.5. The smallest absolute Gasteiger partial charge is 0.228 e. The van der Waals surface area contributed by atoms with E-state index in [2.05, 4.69) is 19.2 Å². The predicted octanol–water partition coefficient (Wildman–Crippen LogP) is 3.30. The Morgan fingerprint density at radius 1 is 1.39 bits per heavy atom. The summed E-state index contributed by atoms with van der Waals surface area (Å²) in [7, 11) is 0. The molecule has 2 N–H and O–H groups in total. The van der Waals surface area contributed by atoms with E-state index >= 15 is 0 Å². The lowest BCUT2D eigenvalue weighted by atomic mass is 9.90. The fourth-order valence-electron chi connectivity index (χ4n) is 2.48. The molecule has 0 radical (unpaired) electrons. The molecule has 2 rings (SSSR count). The summed E-state index contributed by atoms with van der Waals surface area (Å²) in [5, 5.41) is 13.6. The number of rotatable bonds is 4. The lowest BCUT2D eigenvalue weighted by Gasteiger charge is -2.22. The maximum Gasteiger partial charge on any atom is 0.228 e. The summed E-state index contributed by atoms with van der Waals surface area (Å²) in [6.45, 7) is 4.12. The average molecular weight is 268 g/mol. The van der Waals surface area contributed by atoms with Gasteiger partial charge in [0.2, 0.25) is 5.91 Å². The van der Waals surface area contributed by atoms with Gasteiger partial charge < -0.3 is 10.4 Å². The van der Waals surface area contributed by atoms with Crippen molar-refractivity contribution in [2.24, 2.45) is 5.92 Å². The van der Waals surface area contributed by atoms with Crippen LogP contribution >= 0.6 is 11.6 Å². The van der Waals surface area contributed by atoms with E-state index in [0.29, 0.717) is 11.4 Å². The van der Waals surface area contributed by atoms with Crippen LogP contribution in [0.15, 0.2) is 12.1 Å². The largest absolute Gasteiger partial charge is 0.388 e. The highest BCUT2D eigenvalue weighted by Gasteiger charge is 2.25. The minimum atomic E-state index is -0.562. The van der Waals surface area contributed by atoms with Crippen molar-refractivity contribution in [3.63, 3.8) is 0 Å². The second-order valence-electron chi connectivity index (χ2n) is 4.78. The summed E-state index contributed by atoms with van der Waals surface area (Å²) in [5.41, 5.74) is 2.43. The number of benzene rings is 1. The summed E-state index contributed by atoms with van der Waals surface area (Å²) >= 11 is 6.20. The molecule has 1 atom stereocenters. The molecule has 0 aliphatic carbocycles. The number of aliphatic hydroxyl groups is 1. The molecule has 1 aromatic carbocycles. The Hall–Kier alpha value is -1.06. The Balaban J connectivity index is 2.35. The molecular formula is C14H18ClNO2. The third kappa shape index (κ3) is 2.38. The minimum Gasteiger partial charge on any atom is -0.388 e. The monoisotopic (exact) mass is 267 g/mol. The van der Waals surface area contributed by atoms with E-state index < -0.39 is 6.10 Å². The fourth-order valence-corrected chi connectivity index (χ4v) is 2.76. The Labute approximate surface area is 112 Å². The molecule has 0 aromatic heterocycles. The number of fused-ring (bicyclic) bond motifs is 1. The van der Waals surface area contributed by atoms with Crippen LogP contribution in [0.5, 0.6) is 0 Å². The number of amides is 1. The fraction of sp³-hybridized carbons (Fsp3) is 0.500. The molecular weight excluding hydrogens is 250 g/mol. The molecule has 0 saturated heterocycles. The molecule has 1 aromatic rings. The predicted molar refractivity (Wildman–Crippen MR) is 72.8 cm³/mol. The highest BCUT2D eigenvalue weighted by Crippen LogP contribution is 2.36. The summed E-state index contributed by atoms with van der Waals surface area (Å²) in [5.74, 6) is 0.181. The van der Waals surface area contributed by atoms with Gasteiger partial charge in [-0.05, 0) is 29.2 Å². The maximum atomic E-state index is 11.3. The summed E-state index contributed by atoms with van der Waals surface area (Å²) in [4.78, 5) is 11.3. The van der Waals surface area contributed by atoms with E-state index in [1.165, 1.54) is 0 Å². The number of carbonyl (C=O) groups is 1. The van der Waals surface area contributed by atoms with E-state index in [-0.39, 0.29) is 11.8 Å². The van der Waals surface area contributed by atoms with Gasteiger partial charge in [-0.2, -0.15) is 0 Å². The molecule has 1 amide bonds. The number of hydrogen-bond acceptors (Lipinski definition) is 2. The van der Waals surface area contributed by atoms with Gasteiger partial charge in [0, 0.05) is 10.7 Å². The van der Waals surface area contributed by atoms with Gasteiger partial charge >= 0.3 is 0 Å². The molecule has 0 fully saturated rings. The second kappa shape index (κ2) is 5.29. The Kier molecular flexibility index (Phi) is 3.93. The number of hydrogen-bond donors (Lipinski definition) is 2. The van der Waals surface area contributed by atoms with Crippen LogP contribution in [0.2, 0.25) is 5.02 Å². The average Bonchev–Trinajstić information content (AvgIpc) is 2.68. The number of nitrogens with one attached hydrogen (secondary N) is 1. The van der Waals surface area contributed by atoms with Gasteiger partial charge in [0.05, 0.1) is 12.5 Å². The van der Waals surface area contributed by atoms with Gasteiger partial charge in [-0.15, -0.1) is 0 Å². The highest BCUT2D eigenvalue weighted by molar-refractivity contribution is 6.32. The second-order valence-corrected chi connectivity index (χ2v) is 5.18. The van der Waals surface area contributed by atoms with Crippen LogP contribution in [0.1, 0.15) is 43.9 Å². The summed E-state index contributed by atoms with van der Waals surface area (Å²) < 4.78 is 0. The van der Waals surface area contributed by atoms with Crippen molar-refractivity contribution in [3.8, 4) is 0 Å². The van der Waals surface area contributed by atoms with Crippen LogP contribution in [0, 0.1) is 5.92 Å². The third-order valence-corrected chi connectivity index (χ3v) is 3.99. The molecule has 0 saturated carbocycles. The van der Waals surface area contributed by atoms with Crippen LogP contribution in [0.4, 0.5) is 5.69 Å². The van der Waals surface area contributed by atoms with Crippen LogP contribution in [-0.4, -0.2) is 11.0 Å². The summed E-state index contributed by atoms with van der Waals surface area (Å²) in [6, 6.07) is 3.60. The lowest BCUT2D eigenvalue weighted by Crippen LogP contribution is -2.11. The topological polar surface area (TPSA) is 49.3 Å². The van der Waals surface area contributed by atoms with Crippen molar-refractivity contribution in [1.82, 2.24) is 0 Å². The van der Waals surface area contributed by atoms with Gasteiger partial charge in [0.15, 0.2) is 0 Å². The molecule has 1 aliphatic heterocycles. The zero-order valence-electron chi connectivity index (χ0n) is 10.7. The molecule has 1 unspecified atom stereocenters. The minimum absolute atomic E-state index is 0.0183. The Bertz CT molecular complexity index is 469. The van der Waals surface area contributed by atoms with Gasteiger partial charge in [-0.3, -0.25) is 4.79 Å². The molecule has 98 valence electrons. The van der Waals surface area contributed by atoms with E-state index in [4.69, 9.17) is 11.6 Å². The standard InChI is InChI=1S/C14H18ClNO2/c1-3-8(4-2)14(18)10-5-9-6-13(17)16-12(9)7-11(10)15/h5,7-8,14,18H,3-4,6H2,1-2H3,(H,16,17). The lowest BCUT2D eigenvalue weighted by molar-refractivity contribution is -0.115. The maximum absolute atomic E-state index is 11.3. The van der Waals surface area contributed by atoms with Crippen LogP contribution in [-0.2, 0) is 11.2 Å². The van der Waals surface area contributed by atoms with Crippen molar-refractivity contribution < 1.29 is 9.90 Å². The molecule has 18 heavy (non-hydrogen) atoms. The van der Waals surface area contributed by atoms with Gasteiger partial charge in [-0.25, -0.2) is 0 Å². The summed E-state index contributed by atoms with van der Waals surface area (Å²) in [6.07, 6.45) is 1.62. The number of anilines is 1. The molecule has 1 heterocycles. The van der Waals surface area contributed by atoms with Crippen molar-refractivity contribution in [1.29, 1.82) is 0 Å². The van der Waals surface area contributed by atoms with Crippen LogP contribution in [0.25, 0.3) is 0 Å². The number of halogens is 1. The van der Waals surface area contributed by atoms with Crippen molar-refractivity contribution in [2.45, 2.75) is 39.2 Å². The zero-order chi connectivity index (χ0) is 13.3. The zero-order valence-corrected chi connectivity index (χ0v) is 11.4. The van der Waals surface area contributed by atoms with Gasteiger partial charge in [0.1, 0.15) is 0 Å². The quantitative estimate of drug-likeness (QED) is 0.879. The van der Waals surface area contributed by atoms with E-state index in [1.54, 1.807) is 6.07 Å². The Morgan fingerprint density at radius 2 is 2.06 bits per heavy atom. The Morgan fingerprint density at radius 3 is 2.67 bits per heavy atom. The first-order valence-corrected chi connectivity index (χ1v) is 6.74. The third-order valence-electron chi connectivity index (χ3n) is 3.66. The number of aliphatic hydroxyl groups excluding tert-OH is 1. The molecule has 0 spiro atoms. The van der Waals surface area contributed by atoms with Gasteiger partial charge in [-0.1, -0.05) is 38.3 Å². The van der Waals surface area contributed by atoms with Crippen molar-refractivity contribution in [2.75, 3.05) is 5.32 Å². The number of carbonyl (C=O) groups excluding carboxylic acids is 1. The van der Waals surface area contributed by atoms with E-state index in [0.717, 1.165) is 29.7 Å². The van der Waals surface area contributed by atoms with E-state index in [1.807, 2.05) is 6.07 Å². The van der Waals surface area contributed by atoms with Crippen LogP contribution < -0.4 is 5.32 Å². The van der Waals surface area contributed by atoms with Crippen molar-refractivity contribution >= 4 is 23.2 Å². The molecule has 1 aliphatic rings.